The molecule has 0 spiro atoms. The van der Waals surface area contributed by atoms with Gasteiger partial charge in [0.25, 0.3) is 10.0 Å². The largest absolute Gasteiger partial charge is 0.326 e. The number of hydrogen-bond acceptors (Lipinski definition) is 4. The van der Waals surface area contributed by atoms with Gasteiger partial charge in [-0.3, -0.25) is 0 Å². The Hall–Kier alpha value is -0.430. The summed E-state index contributed by atoms with van der Waals surface area (Å²) in [4.78, 5) is 0.937. The summed E-state index contributed by atoms with van der Waals surface area (Å²) in [5.74, 6) is 0. The molecule has 0 aromatic carbocycles. The molecule has 0 atom stereocenters. The third-order valence-corrected chi connectivity index (χ3v) is 6.91. The van der Waals surface area contributed by atoms with Crippen LogP contribution in [0.15, 0.2) is 10.3 Å². The van der Waals surface area contributed by atoms with E-state index in [-0.39, 0.29) is 5.54 Å². The van der Waals surface area contributed by atoms with E-state index >= 15 is 0 Å². The van der Waals surface area contributed by atoms with Crippen molar-refractivity contribution in [1.29, 1.82) is 0 Å². The minimum absolute atomic E-state index is 0.278. The first-order chi connectivity index (χ1) is 8.36. The molecular weight excluding hydrogens is 268 g/mol. The predicted molar refractivity (Wildman–Crippen MR) is 74.1 cm³/mol. The number of sulfonamides is 1. The van der Waals surface area contributed by atoms with Gasteiger partial charge in [-0.05, 0) is 38.3 Å². The topological polar surface area (TPSA) is 72.2 Å². The van der Waals surface area contributed by atoms with Crippen LogP contribution in [0.3, 0.4) is 0 Å². The Bertz CT molecular complexity index is 528. The molecule has 0 amide bonds. The zero-order valence-corrected chi connectivity index (χ0v) is 12.5. The van der Waals surface area contributed by atoms with Crippen LogP contribution in [0.2, 0.25) is 0 Å². The maximum absolute atomic E-state index is 12.3. The van der Waals surface area contributed by atoms with Crippen molar-refractivity contribution in [1.82, 2.24) is 4.72 Å². The van der Waals surface area contributed by atoms with E-state index in [1.165, 1.54) is 11.3 Å². The summed E-state index contributed by atoms with van der Waals surface area (Å²) in [6, 6.07) is 1.72. The van der Waals surface area contributed by atoms with Crippen molar-refractivity contribution in [2.75, 3.05) is 0 Å². The van der Waals surface area contributed by atoms with E-state index in [2.05, 4.69) is 4.72 Å². The second-order valence-corrected chi connectivity index (χ2v) is 8.30. The van der Waals surface area contributed by atoms with Gasteiger partial charge < -0.3 is 5.73 Å². The molecule has 1 aliphatic carbocycles. The highest BCUT2D eigenvalue weighted by atomic mass is 32.2. The van der Waals surface area contributed by atoms with E-state index in [0.29, 0.717) is 10.8 Å². The van der Waals surface area contributed by atoms with Crippen LogP contribution in [-0.2, 0) is 16.6 Å². The van der Waals surface area contributed by atoms with Crippen LogP contribution in [-0.4, -0.2) is 14.0 Å². The molecule has 4 nitrogen and oxygen atoms in total. The molecule has 1 saturated carbocycles. The Labute approximate surface area is 113 Å². The summed E-state index contributed by atoms with van der Waals surface area (Å²) in [5.41, 5.74) is 6.27. The Morgan fingerprint density at radius 1 is 1.44 bits per heavy atom. The van der Waals surface area contributed by atoms with Crippen LogP contribution in [0.1, 0.15) is 43.0 Å². The first kappa shape index (κ1) is 14.0. The van der Waals surface area contributed by atoms with Gasteiger partial charge in [-0.1, -0.05) is 12.8 Å². The first-order valence-electron chi connectivity index (χ1n) is 6.20. The van der Waals surface area contributed by atoms with E-state index < -0.39 is 10.0 Å². The van der Waals surface area contributed by atoms with Crippen molar-refractivity contribution >= 4 is 21.4 Å². The third kappa shape index (κ3) is 2.77. The highest BCUT2D eigenvalue weighted by molar-refractivity contribution is 7.91. The second kappa shape index (κ2) is 4.92. The lowest BCUT2D eigenvalue weighted by atomic mass is 10.0. The SMILES string of the molecule is Cc1cc(S(=O)(=O)NC2(C)CCCC2)sc1CN. The third-order valence-electron chi connectivity index (χ3n) is 3.54. The number of hydrogen-bond donors (Lipinski definition) is 2. The van der Waals surface area contributed by atoms with E-state index in [0.717, 1.165) is 36.1 Å². The standard InChI is InChI=1S/C12H20N2O2S2/c1-9-7-11(17-10(9)8-13)18(15,16)14-12(2)5-3-4-6-12/h7,14H,3-6,8,13H2,1-2H3. The Morgan fingerprint density at radius 2 is 2.06 bits per heavy atom. The smallest absolute Gasteiger partial charge is 0.250 e. The van der Waals surface area contributed by atoms with Gasteiger partial charge >= 0.3 is 0 Å². The molecule has 3 N–H and O–H groups in total. The molecule has 0 saturated heterocycles. The molecule has 1 aromatic rings. The molecule has 0 unspecified atom stereocenters. The van der Waals surface area contributed by atoms with Crippen molar-refractivity contribution in [2.45, 2.75) is 55.8 Å². The summed E-state index contributed by atoms with van der Waals surface area (Å²) in [6.07, 6.45) is 4.02. The molecule has 0 radical (unpaired) electrons. The van der Waals surface area contributed by atoms with Gasteiger partial charge in [0.2, 0.25) is 0 Å². The van der Waals surface area contributed by atoms with E-state index in [1.807, 2.05) is 13.8 Å². The fraction of sp³-hybridized carbons (Fsp3) is 0.667. The average Bonchev–Trinajstić information content (AvgIpc) is 2.84. The fourth-order valence-corrected chi connectivity index (χ4v) is 5.39. The highest BCUT2D eigenvalue weighted by Gasteiger charge is 2.34. The molecule has 6 heteroatoms. The quantitative estimate of drug-likeness (QED) is 0.891. The predicted octanol–water partition coefficient (Wildman–Crippen LogP) is 2.13. The van der Waals surface area contributed by atoms with Crippen LogP contribution in [0.25, 0.3) is 0 Å². The average molecular weight is 288 g/mol. The van der Waals surface area contributed by atoms with E-state index in [4.69, 9.17) is 5.73 Å². The van der Waals surface area contributed by atoms with Gasteiger partial charge in [0, 0.05) is 17.0 Å². The Morgan fingerprint density at radius 3 is 2.56 bits per heavy atom. The summed E-state index contributed by atoms with van der Waals surface area (Å²) in [7, 11) is -3.40. The molecule has 0 aliphatic heterocycles. The number of rotatable bonds is 4. The van der Waals surface area contributed by atoms with Crippen molar-refractivity contribution < 1.29 is 8.42 Å². The molecule has 102 valence electrons. The van der Waals surface area contributed by atoms with Crippen molar-refractivity contribution in [3.05, 3.63) is 16.5 Å². The maximum atomic E-state index is 12.3. The molecule has 1 fully saturated rings. The number of nitrogens with two attached hydrogens (primary N) is 1. The minimum Gasteiger partial charge on any atom is -0.326 e. The lowest BCUT2D eigenvalue weighted by Gasteiger charge is -2.24. The number of thiophene rings is 1. The Kier molecular flexibility index (Phi) is 3.82. The highest BCUT2D eigenvalue weighted by Crippen LogP contribution is 2.32. The van der Waals surface area contributed by atoms with Gasteiger partial charge in [0.15, 0.2) is 0 Å². The van der Waals surface area contributed by atoms with Crippen LogP contribution in [0.5, 0.6) is 0 Å². The molecule has 2 rings (SSSR count). The summed E-state index contributed by atoms with van der Waals surface area (Å²) in [5, 5.41) is 0. The van der Waals surface area contributed by atoms with Crippen LogP contribution in [0, 0.1) is 6.92 Å². The zero-order valence-electron chi connectivity index (χ0n) is 10.8. The molecular formula is C12H20N2O2S2. The summed E-state index contributed by atoms with van der Waals surface area (Å²) >= 11 is 1.27. The fourth-order valence-electron chi connectivity index (χ4n) is 2.46. The van der Waals surface area contributed by atoms with Gasteiger partial charge in [-0.25, -0.2) is 13.1 Å². The van der Waals surface area contributed by atoms with Crippen molar-refractivity contribution in [2.24, 2.45) is 5.73 Å². The monoisotopic (exact) mass is 288 g/mol. The Balaban J connectivity index is 2.24. The lowest BCUT2D eigenvalue weighted by Crippen LogP contribution is -2.43. The van der Waals surface area contributed by atoms with Gasteiger partial charge in [-0.2, -0.15) is 0 Å². The first-order valence-corrected chi connectivity index (χ1v) is 8.50. The normalized spacial score (nSPS) is 19.3. The molecule has 1 aromatic heterocycles. The van der Waals surface area contributed by atoms with Gasteiger partial charge in [-0.15, -0.1) is 11.3 Å². The van der Waals surface area contributed by atoms with E-state index in [1.54, 1.807) is 6.07 Å². The molecule has 1 aliphatic rings. The number of aryl methyl sites for hydroxylation is 1. The van der Waals surface area contributed by atoms with Crippen LogP contribution < -0.4 is 10.5 Å². The van der Waals surface area contributed by atoms with Crippen LogP contribution >= 0.6 is 11.3 Å². The summed E-state index contributed by atoms with van der Waals surface area (Å²) in [6.45, 7) is 4.28. The molecule has 18 heavy (non-hydrogen) atoms. The molecule has 0 bridgehead atoms. The second-order valence-electron chi connectivity index (χ2n) is 5.25. The van der Waals surface area contributed by atoms with Crippen molar-refractivity contribution in [3.8, 4) is 0 Å². The van der Waals surface area contributed by atoms with Crippen LogP contribution in [0.4, 0.5) is 0 Å². The van der Waals surface area contributed by atoms with E-state index in [9.17, 15) is 8.42 Å². The maximum Gasteiger partial charge on any atom is 0.250 e. The zero-order chi connectivity index (χ0) is 13.4. The van der Waals surface area contributed by atoms with Gasteiger partial charge in [0.05, 0.1) is 0 Å². The minimum atomic E-state index is -3.40. The van der Waals surface area contributed by atoms with Gasteiger partial charge in [0.1, 0.15) is 4.21 Å². The lowest BCUT2D eigenvalue weighted by molar-refractivity contribution is 0.428. The van der Waals surface area contributed by atoms with Crippen molar-refractivity contribution in [3.63, 3.8) is 0 Å². The number of nitrogens with one attached hydrogen (secondary N) is 1. The molecule has 1 heterocycles. The summed E-state index contributed by atoms with van der Waals surface area (Å²) < 4.78 is 27.9.